The first kappa shape index (κ1) is 20.9. The zero-order valence-electron chi connectivity index (χ0n) is 19.5. The van der Waals surface area contributed by atoms with E-state index >= 15 is 0 Å². The van der Waals surface area contributed by atoms with Crippen LogP contribution in [0.15, 0.2) is 30.5 Å². The Morgan fingerprint density at radius 2 is 1.85 bits per heavy atom. The minimum atomic E-state index is -0.472. The largest absolute Gasteiger partial charge is 0.354 e. The normalized spacial score (nSPS) is 26.2. The van der Waals surface area contributed by atoms with Gasteiger partial charge in [-0.05, 0) is 75.9 Å². The van der Waals surface area contributed by atoms with Gasteiger partial charge in [0.05, 0.1) is 0 Å². The van der Waals surface area contributed by atoms with Crippen molar-refractivity contribution in [3.8, 4) is 0 Å². The number of nitrogens with zero attached hydrogens (tertiary/aromatic N) is 4. The van der Waals surface area contributed by atoms with Crippen LogP contribution in [0.1, 0.15) is 62.0 Å². The zero-order chi connectivity index (χ0) is 22.4. The molecule has 1 aromatic carbocycles. The number of amides is 1. The lowest BCUT2D eigenvalue weighted by Crippen LogP contribution is -2.56. The molecule has 6 rings (SSSR count). The van der Waals surface area contributed by atoms with Gasteiger partial charge in [0.25, 0.3) is 0 Å². The van der Waals surface area contributed by atoms with Crippen LogP contribution >= 0.6 is 0 Å². The Morgan fingerprint density at radius 3 is 2.55 bits per heavy atom. The number of nitrogens with one attached hydrogen (secondary N) is 2. The molecule has 1 amide bonds. The SMILES string of the molecule is CN1CCC(c2ccc(Nc3ncc4c(n3)N(C3CCCC3)[C@]3(CCNC3=O)C4)cc2)CC1. The molecule has 1 atom stereocenters. The van der Waals surface area contributed by atoms with Gasteiger partial charge in [0.1, 0.15) is 11.4 Å². The molecule has 1 saturated carbocycles. The van der Waals surface area contributed by atoms with Gasteiger partial charge in [-0.1, -0.05) is 25.0 Å². The summed E-state index contributed by atoms with van der Waals surface area (Å²) in [6, 6.07) is 9.17. The predicted octanol–water partition coefficient (Wildman–Crippen LogP) is 3.59. The fourth-order valence-corrected chi connectivity index (χ4v) is 6.45. The molecule has 0 unspecified atom stereocenters. The molecule has 1 spiro atoms. The number of fused-ring (bicyclic) bond motifs is 1. The van der Waals surface area contributed by atoms with Gasteiger partial charge in [-0.15, -0.1) is 0 Å². The van der Waals surface area contributed by atoms with E-state index in [9.17, 15) is 4.79 Å². The van der Waals surface area contributed by atoms with Gasteiger partial charge in [-0.3, -0.25) is 4.79 Å². The lowest BCUT2D eigenvalue weighted by Gasteiger charge is -2.38. The molecule has 174 valence electrons. The van der Waals surface area contributed by atoms with Crippen molar-refractivity contribution in [3.63, 3.8) is 0 Å². The number of likely N-dealkylation sites (tertiary alicyclic amines) is 1. The summed E-state index contributed by atoms with van der Waals surface area (Å²) in [5.74, 6) is 2.38. The Balaban J connectivity index is 1.23. The van der Waals surface area contributed by atoms with Gasteiger partial charge < -0.3 is 20.4 Å². The van der Waals surface area contributed by atoms with Gasteiger partial charge in [0, 0.05) is 36.5 Å². The maximum absolute atomic E-state index is 13.0. The van der Waals surface area contributed by atoms with Crippen LogP contribution in [0.4, 0.5) is 17.5 Å². The summed E-state index contributed by atoms with van der Waals surface area (Å²) >= 11 is 0. The van der Waals surface area contributed by atoms with Crippen LogP contribution in [0.2, 0.25) is 0 Å². The van der Waals surface area contributed by atoms with Gasteiger partial charge in [-0.2, -0.15) is 4.98 Å². The van der Waals surface area contributed by atoms with E-state index in [0.29, 0.717) is 17.9 Å². The highest BCUT2D eigenvalue weighted by atomic mass is 16.2. The van der Waals surface area contributed by atoms with Crippen molar-refractivity contribution < 1.29 is 4.79 Å². The molecule has 1 aliphatic carbocycles. The Morgan fingerprint density at radius 1 is 1.09 bits per heavy atom. The Labute approximate surface area is 196 Å². The summed E-state index contributed by atoms with van der Waals surface area (Å²) in [4.78, 5) is 27.3. The summed E-state index contributed by atoms with van der Waals surface area (Å²) in [5, 5.41) is 6.50. The standard InChI is InChI=1S/C26H34N6O/c1-31-14-10-19(11-15-31)18-6-8-21(9-7-18)29-25-28-17-20-16-26(12-13-27-24(26)33)32(23(20)30-25)22-4-2-3-5-22/h6-9,17,19,22H,2-5,10-16H2,1H3,(H,27,33)(H,28,29,30)/t26-/m1/s1. The molecule has 0 bridgehead atoms. The van der Waals surface area contributed by atoms with E-state index in [2.05, 4.69) is 56.7 Å². The lowest BCUT2D eigenvalue weighted by atomic mass is 9.89. The molecule has 2 N–H and O–H groups in total. The molecular formula is C26H34N6O. The van der Waals surface area contributed by atoms with E-state index in [4.69, 9.17) is 4.98 Å². The van der Waals surface area contributed by atoms with Crippen molar-refractivity contribution in [3.05, 3.63) is 41.6 Å². The molecule has 3 aliphatic heterocycles. The smallest absolute Gasteiger partial charge is 0.246 e. The van der Waals surface area contributed by atoms with Crippen LogP contribution in [0.5, 0.6) is 0 Å². The predicted molar refractivity (Wildman–Crippen MR) is 130 cm³/mol. The average molecular weight is 447 g/mol. The van der Waals surface area contributed by atoms with Crippen molar-refractivity contribution in [1.29, 1.82) is 0 Å². The monoisotopic (exact) mass is 446 g/mol. The summed E-state index contributed by atoms with van der Waals surface area (Å²) in [6.45, 7) is 3.09. The van der Waals surface area contributed by atoms with E-state index < -0.39 is 5.54 Å². The molecule has 1 aromatic heterocycles. The maximum Gasteiger partial charge on any atom is 0.246 e. The molecule has 4 aliphatic rings. The number of aromatic nitrogens is 2. The summed E-state index contributed by atoms with van der Waals surface area (Å²) in [7, 11) is 2.20. The van der Waals surface area contributed by atoms with Crippen molar-refractivity contribution in [2.45, 2.75) is 68.9 Å². The van der Waals surface area contributed by atoms with Crippen LogP contribution in [-0.4, -0.2) is 59.0 Å². The van der Waals surface area contributed by atoms with Crippen molar-refractivity contribution in [2.75, 3.05) is 36.9 Å². The third-order valence-electron chi connectivity index (χ3n) is 8.31. The third kappa shape index (κ3) is 3.66. The molecule has 0 radical (unpaired) electrons. The summed E-state index contributed by atoms with van der Waals surface area (Å²) < 4.78 is 0. The van der Waals surface area contributed by atoms with Gasteiger partial charge in [0.2, 0.25) is 11.9 Å². The highest BCUT2D eigenvalue weighted by Crippen LogP contribution is 2.46. The minimum absolute atomic E-state index is 0.159. The number of hydrogen-bond donors (Lipinski definition) is 2. The first-order valence-corrected chi connectivity index (χ1v) is 12.6. The zero-order valence-corrected chi connectivity index (χ0v) is 19.5. The lowest BCUT2D eigenvalue weighted by molar-refractivity contribution is -0.123. The van der Waals surface area contributed by atoms with Gasteiger partial charge in [-0.25, -0.2) is 4.98 Å². The Bertz CT molecular complexity index is 1030. The Kier molecular flexibility index (Phi) is 5.24. The molecule has 4 heterocycles. The average Bonchev–Trinajstić information content (AvgIpc) is 3.55. The van der Waals surface area contributed by atoms with E-state index in [1.54, 1.807) is 0 Å². The van der Waals surface area contributed by atoms with Gasteiger partial charge >= 0.3 is 0 Å². The molecule has 7 heteroatoms. The van der Waals surface area contributed by atoms with Gasteiger partial charge in [0.15, 0.2) is 0 Å². The highest BCUT2D eigenvalue weighted by Gasteiger charge is 2.55. The molecule has 2 saturated heterocycles. The number of hydrogen-bond acceptors (Lipinski definition) is 6. The molecule has 2 aromatic rings. The van der Waals surface area contributed by atoms with Crippen LogP contribution < -0.4 is 15.5 Å². The van der Waals surface area contributed by atoms with Crippen LogP contribution in [0, 0.1) is 0 Å². The number of piperidine rings is 1. The summed E-state index contributed by atoms with van der Waals surface area (Å²) in [6.07, 6.45) is 10.7. The van der Waals surface area contributed by atoms with Crippen LogP contribution in [-0.2, 0) is 11.2 Å². The quantitative estimate of drug-likeness (QED) is 0.748. The van der Waals surface area contributed by atoms with Crippen LogP contribution in [0.3, 0.4) is 0 Å². The maximum atomic E-state index is 13.0. The number of benzene rings is 1. The summed E-state index contributed by atoms with van der Waals surface area (Å²) in [5.41, 5.74) is 3.05. The van der Waals surface area contributed by atoms with Crippen molar-refractivity contribution in [1.82, 2.24) is 20.2 Å². The van der Waals surface area contributed by atoms with Crippen molar-refractivity contribution in [2.24, 2.45) is 0 Å². The molecule has 7 nitrogen and oxygen atoms in total. The number of anilines is 3. The second-order valence-electron chi connectivity index (χ2n) is 10.4. The van der Waals surface area contributed by atoms with Crippen LogP contribution in [0.25, 0.3) is 0 Å². The number of carbonyl (C=O) groups is 1. The fourth-order valence-electron chi connectivity index (χ4n) is 6.45. The first-order valence-electron chi connectivity index (χ1n) is 12.6. The first-order chi connectivity index (χ1) is 16.1. The van der Waals surface area contributed by atoms with E-state index in [0.717, 1.165) is 49.3 Å². The molecular weight excluding hydrogens is 412 g/mol. The molecule has 3 fully saturated rings. The topological polar surface area (TPSA) is 73.4 Å². The molecule has 33 heavy (non-hydrogen) atoms. The van der Waals surface area contributed by atoms with Crippen molar-refractivity contribution >= 4 is 23.4 Å². The van der Waals surface area contributed by atoms with E-state index in [-0.39, 0.29) is 5.91 Å². The second-order valence-corrected chi connectivity index (χ2v) is 10.4. The minimum Gasteiger partial charge on any atom is -0.354 e. The van der Waals surface area contributed by atoms with E-state index in [1.165, 1.54) is 44.3 Å². The number of rotatable bonds is 4. The third-order valence-corrected chi connectivity index (χ3v) is 8.31. The Hall–Kier alpha value is -2.67. The fraction of sp³-hybridized carbons (Fsp3) is 0.577. The highest BCUT2D eigenvalue weighted by molar-refractivity contribution is 5.94. The van der Waals surface area contributed by atoms with E-state index in [1.807, 2.05) is 6.20 Å². The number of carbonyl (C=O) groups excluding carboxylic acids is 1. The second kappa shape index (κ2) is 8.28.